The van der Waals surface area contributed by atoms with Gasteiger partial charge in [-0.2, -0.15) is 0 Å². The van der Waals surface area contributed by atoms with Crippen LogP contribution in [0.15, 0.2) is 48.5 Å². The molecule has 0 bridgehead atoms. The van der Waals surface area contributed by atoms with E-state index in [1.54, 1.807) is 17.0 Å². The molecule has 2 amide bonds. The Hall–Kier alpha value is -2.69. The monoisotopic (exact) mass is 326 g/mol. The summed E-state index contributed by atoms with van der Waals surface area (Å²) in [6, 6.07) is 14.2. The SMILES string of the molecule is Cc1ccc(F)c(NC(=O)C2CC(=O)N(Cc3ccccc3)C2)c1. The summed E-state index contributed by atoms with van der Waals surface area (Å²) in [5.74, 6) is -1.30. The van der Waals surface area contributed by atoms with Crippen LogP contribution in [0.1, 0.15) is 17.5 Å². The second-order valence-electron chi connectivity index (χ2n) is 6.13. The van der Waals surface area contributed by atoms with E-state index < -0.39 is 11.7 Å². The summed E-state index contributed by atoms with van der Waals surface area (Å²) in [5, 5.41) is 2.61. The van der Waals surface area contributed by atoms with Gasteiger partial charge in [0.15, 0.2) is 0 Å². The minimum absolute atomic E-state index is 0.0521. The Morgan fingerprint density at radius 2 is 2.00 bits per heavy atom. The molecule has 2 aromatic rings. The maximum atomic E-state index is 13.8. The van der Waals surface area contributed by atoms with Crippen LogP contribution in [0.3, 0.4) is 0 Å². The molecule has 0 saturated carbocycles. The molecule has 1 saturated heterocycles. The molecule has 1 atom stereocenters. The number of benzene rings is 2. The summed E-state index contributed by atoms with van der Waals surface area (Å²) in [7, 11) is 0. The van der Waals surface area contributed by atoms with Gasteiger partial charge in [-0.1, -0.05) is 36.4 Å². The Kier molecular flexibility index (Phi) is 4.60. The standard InChI is InChI=1S/C19H19FN2O2/c1-13-7-8-16(20)17(9-13)21-19(24)15-10-18(23)22(12-15)11-14-5-3-2-4-6-14/h2-9,15H,10-12H2,1H3,(H,21,24). The highest BCUT2D eigenvalue weighted by molar-refractivity contribution is 5.97. The van der Waals surface area contributed by atoms with E-state index >= 15 is 0 Å². The molecule has 1 heterocycles. The zero-order valence-corrected chi connectivity index (χ0v) is 13.5. The van der Waals surface area contributed by atoms with E-state index in [-0.39, 0.29) is 23.9 Å². The number of carbonyl (C=O) groups excluding carboxylic acids is 2. The number of rotatable bonds is 4. The third-order valence-corrected chi connectivity index (χ3v) is 4.18. The van der Waals surface area contributed by atoms with Gasteiger partial charge in [0.05, 0.1) is 11.6 Å². The van der Waals surface area contributed by atoms with E-state index in [2.05, 4.69) is 5.32 Å². The number of hydrogen-bond donors (Lipinski definition) is 1. The summed E-state index contributed by atoms with van der Waals surface area (Å²) in [5.41, 5.74) is 2.05. The van der Waals surface area contributed by atoms with Gasteiger partial charge in [0, 0.05) is 19.5 Å². The number of hydrogen-bond acceptors (Lipinski definition) is 2. The first kappa shape index (κ1) is 16.2. The van der Waals surface area contributed by atoms with Crippen molar-refractivity contribution in [2.45, 2.75) is 19.9 Å². The molecule has 1 N–H and O–H groups in total. The first-order chi connectivity index (χ1) is 11.5. The molecule has 0 radical (unpaired) electrons. The van der Waals surface area contributed by atoms with Crippen molar-refractivity contribution in [3.05, 3.63) is 65.5 Å². The minimum atomic E-state index is -0.473. The smallest absolute Gasteiger partial charge is 0.229 e. The van der Waals surface area contributed by atoms with Gasteiger partial charge in [-0.15, -0.1) is 0 Å². The van der Waals surface area contributed by atoms with Crippen LogP contribution < -0.4 is 5.32 Å². The topological polar surface area (TPSA) is 49.4 Å². The van der Waals surface area contributed by atoms with Crippen molar-refractivity contribution in [3.63, 3.8) is 0 Å². The summed E-state index contributed by atoms with van der Waals surface area (Å²) in [4.78, 5) is 26.2. The summed E-state index contributed by atoms with van der Waals surface area (Å²) < 4.78 is 13.8. The first-order valence-corrected chi connectivity index (χ1v) is 7.91. The van der Waals surface area contributed by atoms with Crippen LogP contribution in [0.2, 0.25) is 0 Å². The quantitative estimate of drug-likeness (QED) is 0.938. The van der Waals surface area contributed by atoms with Crippen molar-refractivity contribution in [2.24, 2.45) is 5.92 Å². The molecular weight excluding hydrogens is 307 g/mol. The second kappa shape index (κ2) is 6.83. The minimum Gasteiger partial charge on any atom is -0.338 e. The summed E-state index contributed by atoms with van der Waals surface area (Å²) >= 11 is 0. The molecule has 1 fully saturated rings. The fraction of sp³-hybridized carbons (Fsp3) is 0.263. The number of halogens is 1. The first-order valence-electron chi connectivity index (χ1n) is 7.91. The van der Waals surface area contributed by atoms with E-state index in [1.807, 2.05) is 37.3 Å². The van der Waals surface area contributed by atoms with Crippen molar-refractivity contribution in [1.29, 1.82) is 0 Å². The number of carbonyl (C=O) groups is 2. The van der Waals surface area contributed by atoms with Crippen molar-refractivity contribution in [1.82, 2.24) is 4.90 Å². The van der Waals surface area contributed by atoms with Crippen LogP contribution in [0, 0.1) is 18.7 Å². The molecule has 0 aromatic heterocycles. The summed E-state index contributed by atoms with van der Waals surface area (Å²) in [6.07, 6.45) is 0.159. The predicted molar refractivity (Wildman–Crippen MR) is 89.7 cm³/mol. The molecule has 0 spiro atoms. The van der Waals surface area contributed by atoms with Crippen LogP contribution >= 0.6 is 0 Å². The molecule has 1 aliphatic rings. The maximum Gasteiger partial charge on any atom is 0.229 e. The Bertz CT molecular complexity index is 761. The van der Waals surface area contributed by atoms with Crippen molar-refractivity contribution < 1.29 is 14.0 Å². The van der Waals surface area contributed by atoms with E-state index in [1.165, 1.54) is 6.07 Å². The van der Waals surface area contributed by atoms with Crippen LogP contribution in [-0.2, 0) is 16.1 Å². The fourth-order valence-electron chi connectivity index (χ4n) is 2.87. The molecule has 5 heteroatoms. The largest absolute Gasteiger partial charge is 0.338 e. The van der Waals surface area contributed by atoms with E-state index in [4.69, 9.17) is 0 Å². The number of aryl methyl sites for hydroxylation is 1. The lowest BCUT2D eigenvalue weighted by Crippen LogP contribution is -2.28. The predicted octanol–water partition coefficient (Wildman–Crippen LogP) is 3.12. The van der Waals surface area contributed by atoms with Gasteiger partial charge >= 0.3 is 0 Å². The van der Waals surface area contributed by atoms with Gasteiger partial charge < -0.3 is 10.2 Å². The van der Waals surface area contributed by atoms with Crippen LogP contribution in [0.5, 0.6) is 0 Å². The molecule has 1 aliphatic heterocycles. The highest BCUT2D eigenvalue weighted by atomic mass is 19.1. The molecule has 0 aliphatic carbocycles. The lowest BCUT2D eigenvalue weighted by atomic mass is 10.1. The highest BCUT2D eigenvalue weighted by Gasteiger charge is 2.34. The highest BCUT2D eigenvalue weighted by Crippen LogP contribution is 2.23. The van der Waals surface area contributed by atoms with Crippen molar-refractivity contribution >= 4 is 17.5 Å². The van der Waals surface area contributed by atoms with Crippen LogP contribution in [0.25, 0.3) is 0 Å². The molecule has 2 aromatic carbocycles. The number of nitrogens with zero attached hydrogens (tertiary/aromatic N) is 1. The van der Waals surface area contributed by atoms with E-state index in [0.29, 0.717) is 13.1 Å². The Balaban J connectivity index is 1.64. The maximum absolute atomic E-state index is 13.8. The molecular formula is C19H19FN2O2. The van der Waals surface area contributed by atoms with Gasteiger partial charge in [0.2, 0.25) is 11.8 Å². The van der Waals surface area contributed by atoms with Crippen LogP contribution in [-0.4, -0.2) is 23.3 Å². The summed E-state index contributed by atoms with van der Waals surface area (Å²) in [6.45, 7) is 2.67. The number of amides is 2. The lowest BCUT2D eigenvalue weighted by molar-refractivity contribution is -0.128. The normalized spacial score (nSPS) is 17.2. The second-order valence-corrected chi connectivity index (χ2v) is 6.13. The Morgan fingerprint density at radius 3 is 2.75 bits per heavy atom. The zero-order chi connectivity index (χ0) is 17.1. The molecule has 1 unspecified atom stereocenters. The van der Waals surface area contributed by atoms with Gasteiger partial charge in [-0.05, 0) is 30.2 Å². The van der Waals surface area contributed by atoms with Gasteiger partial charge in [-0.25, -0.2) is 4.39 Å². The molecule has 24 heavy (non-hydrogen) atoms. The third kappa shape index (κ3) is 3.62. The van der Waals surface area contributed by atoms with Crippen molar-refractivity contribution in [2.75, 3.05) is 11.9 Å². The lowest BCUT2D eigenvalue weighted by Gasteiger charge is -2.17. The van der Waals surface area contributed by atoms with E-state index in [9.17, 15) is 14.0 Å². The molecule has 4 nitrogen and oxygen atoms in total. The number of anilines is 1. The molecule has 124 valence electrons. The third-order valence-electron chi connectivity index (χ3n) is 4.18. The average Bonchev–Trinajstić information content (AvgIpc) is 2.93. The number of nitrogens with one attached hydrogen (secondary N) is 1. The van der Waals surface area contributed by atoms with Crippen LogP contribution in [0.4, 0.5) is 10.1 Å². The van der Waals surface area contributed by atoms with Crippen molar-refractivity contribution in [3.8, 4) is 0 Å². The van der Waals surface area contributed by atoms with Gasteiger partial charge in [-0.3, -0.25) is 9.59 Å². The zero-order valence-electron chi connectivity index (χ0n) is 13.5. The average molecular weight is 326 g/mol. The Labute approximate surface area is 140 Å². The number of likely N-dealkylation sites (tertiary alicyclic amines) is 1. The van der Waals surface area contributed by atoms with Gasteiger partial charge in [0.1, 0.15) is 5.82 Å². The van der Waals surface area contributed by atoms with Gasteiger partial charge in [0.25, 0.3) is 0 Å². The fourth-order valence-corrected chi connectivity index (χ4v) is 2.87. The Morgan fingerprint density at radius 1 is 1.25 bits per heavy atom. The molecule has 3 rings (SSSR count). The van der Waals surface area contributed by atoms with E-state index in [0.717, 1.165) is 11.1 Å².